The monoisotopic (exact) mass is 557 g/mol. The van der Waals surface area contributed by atoms with Crippen molar-refractivity contribution in [2.45, 2.75) is 11.7 Å². The largest absolute Gasteiger partial charge is 0.345 e. The number of amides is 2. The first-order valence-corrected chi connectivity index (χ1v) is 12.1. The zero-order valence-electron chi connectivity index (χ0n) is 18.0. The molecular weight excluding hydrogens is 540 g/mol. The Hall–Kier alpha value is -3.57. The van der Waals surface area contributed by atoms with Crippen molar-refractivity contribution in [2.24, 2.45) is 0 Å². The molecule has 0 saturated heterocycles. The molecule has 0 aliphatic carbocycles. The molecule has 0 fully saturated rings. The summed E-state index contributed by atoms with van der Waals surface area (Å²) in [5, 5.41) is 13.9. The number of carbonyl (C=O) groups excluding carboxylic acids is 2. The summed E-state index contributed by atoms with van der Waals surface area (Å²) in [4.78, 5) is 24.8. The molecule has 11 heteroatoms. The average Bonchev–Trinajstić information content (AvgIpc) is 3.26. The molecule has 0 spiro atoms. The number of para-hydroxylation sites is 1. The van der Waals surface area contributed by atoms with E-state index in [2.05, 4.69) is 36.8 Å². The lowest BCUT2D eigenvalue weighted by Gasteiger charge is -2.12. The minimum atomic E-state index is -0.628. The molecule has 0 aliphatic heterocycles. The third kappa shape index (κ3) is 6.11. The van der Waals surface area contributed by atoms with Crippen LogP contribution in [0.25, 0.3) is 5.69 Å². The van der Waals surface area contributed by atoms with E-state index in [0.717, 1.165) is 16.2 Å². The van der Waals surface area contributed by atoms with E-state index in [9.17, 15) is 18.4 Å². The summed E-state index contributed by atoms with van der Waals surface area (Å²) in [6.07, 6.45) is 0. The van der Waals surface area contributed by atoms with E-state index < -0.39 is 23.4 Å². The molecule has 4 rings (SSSR count). The van der Waals surface area contributed by atoms with Crippen LogP contribution < -0.4 is 10.6 Å². The number of aromatic nitrogens is 3. The smallest absolute Gasteiger partial charge is 0.254 e. The van der Waals surface area contributed by atoms with Crippen LogP contribution in [0.4, 0.5) is 14.5 Å². The molecule has 0 atom stereocenters. The lowest BCUT2D eigenvalue weighted by atomic mass is 10.2. The molecule has 1 heterocycles. The Bertz CT molecular complexity index is 1360. The lowest BCUT2D eigenvalue weighted by molar-refractivity contribution is -0.113. The molecule has 3 aromatic carbocycles. The maximum absolute atomic E-state index is 13.9. The molecule has 0 aliphatic rings. The second-order valence-corrected chi connectivity index (χ2v) is 9.05. The Morgan fingerprint density at radius 3 is 2.31 bits per heavy atom. The molecule has 1 aromatic heterocycles. The van der Waals surface area contributed by atoms with E-state index in [1.165, 1.54) is 36.4 Å². The van der Waals surface area contributed by atoms with E-state index in [1.54, 1.807) is 16.7 Å². The van der Waals surface area contributed by atoms with Gasteiger partial charge in [0.2, 0.25) is 5.91 Å². The third-order valence-corrected chi connectivity index (χ3v) is 6.25. The Morgan fingerprint density at radius 2 is 1.60 bits per heavy atom. The van der Waals surface area contributed by atoms with Gasteiger partial charge in [-0.1, -0.05) is 52.0 Å². The van der Waals surface area contributed by atoms with Gasteiger partial charge in [-0.15, -0.1) is 10.2 Å². The van der Waals surface area contributed by atoms with Crippen LogP contribution in [0.3, 0.4) is 0 Å². The van der Waals surface area contributed by atoms with Crippen LogP contribution in [0.2, 0.25) is 0 Å². The Balaban J connectivity index is 1.52. The molecule has 0 saturated carbocycles. The molecule has 0 radical (unpaired) electrons. The molecule has 2 N–H and O–H groups in total. The fourth-order valence-electron chi connectivity index (χ4n) is 3.14. The summed E-state index contributed by atoms with van der Waals surface area (Å²) < 4.78 is 30.3. The maximum Gasteiger partial charge on any atom is 0.254 e. The van der Waals surface area contributed by atoms with Gasteiger partial charge < -0.3 is 10.6 Å². The molecule has 0 bridgehead atoms. The topological polar surface area (TPSA) is 88.9 Å². The number of nitrogens with one attached hydrogen (secondary N) is 2. The maximum atomic E-state index is 13.9. The van der Waals surface area contributed by atoms with Gasteiger partial charge in [-0.2, -0.15) is 0 Å². The number of carbonyl (C=O) groups is 2. The molecule has 4 aromatic rings. The lowest BCUT2D eigenvalue weighted by Crippen LogP contribution is -2.25. The average molecular weight is 558 g/mol. The van der Waals surface area contributed by atoms with E-state index >= 15 is 0 Å². The zero-order valence-corrected chi connectivity index (χ0v) is 20.4. The molecule has 0 unspecified atom stereocenters. The van der Waals surface area contributed by atoms with Crippen LogP contribution >= 0.6 is 27.7 Å². The standard InChI is InChI=1S/C24H18BrF2N5O2S/c25-15-9-11-16(12-10-15)32-21(13-28-23(34)17-5-1-2-6-18(17)26)30-31-24(32)35-14-22(33)29-20-8-4-3-7-19(20)27/h1-12H,13-14H2,(H,28,34)(H,29,33). The molecular formula is C24H18BrF2N5O2S. The number of thioether (sulfide) groups is 1. The highest BCUT2D eigenvalue weighted by molar-refractivity contribution is 9.10. The number of hydrogen-bond acceptors (Lipinski definition) is 5. The van der Waals surface area contributed by atoms with Gasteiger partial charge in [-0.25, -0.2) is 8.78 Å². The summed E-state index contributed by atoms with van der Waals surface area (Å²) in [5.41, 5.74) is 0.705. The summed E-state index contributed by atoms with van der Waals surface area (Å²) in [6, 6.07) is 18.9. The van der Waals surface area contributed by atoms with E-state index in [1.807, 2.05) is 24.3 Å². The van der Waals surface area contributed by atoms with Gasteiger partial charge in [0.05, 0.1) is 23.5 Å². The highest BCUT2D eigenvalue weighted by Crippen LogP contribution is 2.24. The summed E-state index contributed by atoms with van der Waals surface area (Å²) in [5.74, 6) is -1.83. The van der Waals surface area contributed by atoms with Crippen molar-refractivity contribution >= 4 is 45.2 Å². The van der Waals surface area contributed by atoms with Gasteiger partial charge in [0.1, 0.15) is 11.6 Å². The van der Waals surface area contributed by atoms with Gasteiger partial charge in [0.15, 0.2) is 11.0 Å². The first-order valence-electron chi connectivity index (χ1n) is 10.3. The quantitative estimate of drug-likeness (QED) is 0.298. The van der Waals surface area contributed by atoms with Crippen LogP contribution in [0, 0.1) is 11.6 Å². The van der Waals surface area contributed by atoms with Crippen LogP contribution in [-0.4, -0.2) is 32.3 Å². The van der Waals surface area contributed by atoms with Crippen LogP contribution in [-0.2, 0) is 11.3 Å². The predicted octanol–water partition coefficient (Wildman–Crippen LogP) is 4.97. The normalized spacial score (nSPS) is 10.7. The molecule has 35 heavy (non-hydrogen) atoms. The third-order valence-electron chi connectivity index (χ3n) is 4.79. The first-order chi connectivity index (χ1) is 16.9. The van der Waals surface area contributed by atoms with Crippen molar-refractivity contribution in [1.82, 2.24) is 20.1 Å². The van der Waals surface area contributed by atoms with E-state index in [-0.39, 0.29) is 23.5 Å². The Labute approximate surface area is 212 Å². The SMILES string of the molecule is O=C(CSc1nnc(CNC(=O)c2ccccc2F)n1-c1ccc(Br)cc1)Nc1ccccc1F. The molecule has 7 nitrogen and oxygen atoms in total. The van der Waals surface area contributed by atoms with E-state index in [0.29, 0.717) is 16.7 Å². The van der Waals surface area contributed by atoms with Gasteiger partial charge in [0.25, 0.3) is 5.91 Å². The van der Waals surface area contributed by atoms with Crippen LogP contribution in [0.15, 0.2) is 82.4 Å². The van der Waals surface area contributed by atoms with Crippen molar-refractivity contribution in [1.29, 1.82) is 0 Å². The number of benzene rings is 3. The minimum Gasteiger partial charge on any atom is -0.345 e. The Morgan fingerprint density at radius 1 is 0.914 bits per heavy atom. The summed E-state index contributed by atoms with van der Waals surface area (Å²) >= 11 is 4.50. The fraction of sp³-hybridized carbons (Fsp3) is 0.0833. The highest BCUT2D eigenvalue weighted by Gasteiger charge is 2.18. The number of nitrogens with zero attached hydrogens (tertiary/aromatic N) is 3. The fourth-order valence-corrected chi connectivity index (χ4v) is 4.17. The minimum absolute atomic E-state index is 0.0295. The molecule has 178 valence electrons. The van der Waals surface area contributed by atoms with E-state index in [4.69, 9.17) is 0 Å². The van der Waals surface area contributed by atoms with Gasteiger partial charge in [-0.05, 0) is 48.5 Å². The van der Waals surface area contributed by atoms with Crippen molar-refractivity contribution < 1.29 is 18.4 Å². The van der Waals surface area contributed by atoms with Crippen molar-refractivity contribution in [3.05, 3.63) is 100 Å². The number of halogens is 3. The van der Waals surface area contributed by atoms with Gasteiger partial charge >= 0.3 is 0 Å². The second kappa shape index (κ2) is 11.2. The highest BCUT2D eigenvalue weighted by atomic mass is 79.9. The molecule has 2 amide bonds. The second-order valence-electron chi connectivity index (χ2n) is 7.19. The number of anilines is 1. The Kier molecular flexibility index (Phi) is 7.88. The van der Waals surface area contributed by atoms with Crippen molar-refractivity contribution in [2.75, 3.05) is 11.1 Å². The van der Waals surface area contributed by atoms with Gasteiger partial charge in [-0.3, -0.25) is 14.2 Å². The van der Waals surface area contributed by atoms with Gasteiger partial charge in [0, 0.05) is 10.2 Å². The van der Waals surface area contributed by atoms with Crippen molar-refractivity contribution in [3.8, 4) is 5.69 Å². The zero-order chi connectivity index (χ0) is 24.8. The summed E-state index contributed by atoms with van der Waals surface area (Å²) in [6.45, 7) is -0.0295. The van der Waals surface area contributed by atoms with Crippen LogP contribution in [0.1, 0.15) is 16.2 Å². The first kappa shape index (κ1) is 24.6. The summed E-state index contributed by atoms with van der Waals surface area (Å²) in [7, 11) is 0. The number of rotatable bonds is 8. The number of hydrogen-bond donors (Lipinski definition) is 2. The van der Waals surface area contributed by atoms with Crippen molar-refractivity contribution in [3.63, 3.8) is 0 Å². The van der Waals surface area contributed by atoms with Crippen LogP contribution in [0.5, 0.6) is 0 Å². The predicted molar refractivity (Wildman–Crippen MR) is 132 cm³/mol.